The number of hydrogen-bond donors (Lipinski definition) is 1. The number of benzene rings is 2. The molecule has 6 nitrogen and oxygen atoms in total. The van der Waals surface area contributed by atoms with Crippen LogP contribution >= 0.6 is 0 Å². The summed E-state index contributed by atoms with van der Waals surface area (Å²) in [5, 5.41) is 1.48. The zero-order chi connectivity index (χ0) is 20.3. The SMILES string of the molecule is CC(C)c1ccc(CS(=O)(=O)C(C)C(=O)Nc2ccc3c(c2)OCCO3)cc1. The number of rotatable bonds is 6. The molecule has 7 heteroatoms. The summed E-state index contributed by atoms with van der Waals surface area (Å²) in [6.07, 6.45) is 0. The molecule has 1 aliphatic rings. The number of anilines is 1. The van der Waals surface area contributed by atoms with Crippen molar-refractivity contribution in [3.8, 4) is 11.5 Å². The molecule has 1 aliphatic heterocycles. The fraction of sp³-hybridized carbons (Fsp3) is 0.381. The van der Waals surface area contributed by atoms with E-state index in [4.69, 9.17) is 9.47 Å². The summed E-state index contributed by atoms with van der Waals surface area (Å²) in [6, 6.07) is 12.5. The van der Waals surface area contributed by atoms with Crippen LogP contribution in [0.25, 0.3) is 0 Å². The van der Waals surface area contributed by atoms with Gasteiger partial charge < -0.3 is 14.8 Å². The molecule has 0 aromatic heterocycles. The first kappa shape index (κ1) is 20.2. The first-order valence-corrected chi connectivity index (χ1v) is 11.0. The minimum Gasteiger partial charge on any atom is -0.486 e. The molecule has 1 heterocycles. The second kappa shape index (κ2) is 8.22. The second-order valence-electron chi connectivity index (χ2n) is 7.19. The highest BCUT2D eigenvalue weighted by atomic mass is 32.2. The Hall–Kier alpha value is -2.54. The fourth-order valence-electron chi connectivity index (χ4n) is 2.88. The normalized spacial score (nSPS) is 14.6. The molecule has 1 unspecified atom stereocenters. The highest BCUT2D eigenvalue weighted by molar-refractivity contribution is 7.92. The fourth-order valence-corrected chi connectivity index (χ4v) is 4.18. The largest absolute Gasteiger partial charge is 0.486 e. The first-order valence-electron chi connectivity index (χ1n) is 9.27. The van der Waals surface area contributed by atoms with Crippen LogP contribution in [0.2, 0.25) is 0 Å². The van der Waals surface area contributed by atoms with Crippen LogP contribution in [-0.2, 0) is 20.4 Å². The van der Waals surface area contributed by atoms with E-state index in [2.05, 4.69) is 19.2 Å². The van der Waals surface area contributed by atoms with Gasteiger partial charge in [-0.15, -0.1) is 0 Å². The summed E-state index contributed by atoms with van der Waals surface area (Å²) in [7, 11) is -3.65. The molecule has 0 aliphatic carbocycles. The van der Waals surface area contributed by atoms with Crippen molar-refractivity contribution < 1.29 is 22.7 Å². The smallest absolute Gasteiger partial charge is 0.242 e. The number of fused-ring (bicyclic) bond motifs is 1. The van der Waals surface area contributed by atoms with E-state index in [-0.39, 0.29) is 5.75 Å². The standard InChI is InChI=1S/C21H25NO5S/c1-14(2)17-6-4-16(5-7-17)13-28(24,25)15(3)21(23)22-18-8-9-19-20(12-18)27-11-10-26-19/h4-9,12,14-15H,10-11,13H2,1-3H3,(H,22,23). The van der Waals surface area contributed by atoms with Crippen molar-refractivity contribution >= 4 is 21.4 Å². The van der Waals surface area contributed by atoms with Crippen molar-refractivity contribution in [2.75, 3.05) is 18.5 Å². The lowest BCUT2D eigenvalue weighted by Gasteiger charge is -2.19. The predicted molar refractivity (Wildman–Crippen MR) is 109 cm³/mol. The highest BCUT2D eigenvalue weighted by Gasteiger charge is 2.28. The number of hydrogen-bond acceptors (Lipinski definition) is 5. The molecule has 0 fully saturated rings. The molecule has 1 atom stereocenters. The van der Waals surface area contributed by atoms with Crippen molar-refractivity contribution in [1.29, 1.82) is 0 Å². The van der Waals surface area contributed by atoms with Crippen LogP contribution in [0.1, 0.15) is 37.8 Å². The summed E-state index contributed by atoms with van der Waals surface area (Å²) >= 11 is 0. The van der Waals surface area contributed by atoms with E-state index in [9.17, 15) is 13.2 Å². The van der Waals surface area contributed by atoms with Gasteiger partial charge in [0.1, 0.15) is 18.5 Å². The van der Waals surface area contributed by atoms with Crippen LogP contribution in [0.3, 0.4) is 0 Å². The lowest BCUT2D eigenvalue weighted by molar-refractivity contribution is -0.115. The molecule has 2 aromatic rings. The van der Waals surface area contributed by atoms with Gasteiger partial charge in [-0.1, -0.05) is 38.1 Å². The minimum absolute atomic E-state index is 0.179. The van der Waals surface area contributed by atoms with Gasteiger partial charge in [0, 0.05) is 11.8 Å². The van der Waals surface area contributed by atoms with E-state index in [0.29, 0.717) is 41.9 Å². The Labute approximate surface area is 165 Å². The minimum atomic E-state index is -3.65. The third-order valence-corrected chi connectivity index (χ3v) is 6.76. The molecule has 2 aromatic carbocycles. The quantitative estimate of drug-likeness (QED) is 0.798. The number of carbonyl (C=O) groups is 1. The predicted octanol–water partition coefficient (Wildman–Crippen LogP) is 3.52. The maximum Gasteiger partial charge on any atom is 0.242 e. The molecule has 0 bridgehead atoms. The molecule has 0 saturated heterocycles. The second-order valence-corrected chi connectivity index (χ2v) is 9.51. The summed E-state index contributed by atoms with van der Waals surface area (Å²) < 4.78 is 36.3. The Balaban J connectivity index is 1.67. The van der Waals surface area contributed by atoms with Crippen LogP contribution in [0.15, 0.2) is 42.5 Å². The Morgan fingerprint density at radius 3 is 2.29 bits per heavy atom. The van der Waals surface area contributed by atoms with Crippen LogP contribution in [0.5, 0.6) is 11.5 Å². The Kier molecular flexibility index (Phi) is 5.93. The van der Waals surface area contributed by atoms with Crippen molar-refractivity contribution in [2.45, 2.75) is 37.7 Å². The van der Waals surface area contributed by atoms with E-state index in [1.807, 2.05) is 12.1 Å². The molecule has 0 radical (unpaired) electrons. The molecule has 1 N–H and O–H groups in total. The van der Waals surface area contributed by atoms with Gasteiger partial charge in [-0.3, -0.25) is 4.79 Å². The highest BCUT2D eigenvalue weighted by Crippen LogP contribution is 2.32. The van der Waals surface area contributed by atoms with Crippen LogP contribution < -0.4 is 14.8 Å². The third-order valence-electron chi connectivity index (χ3n) is 4.73. The number of ether oxygens (including phenoxy) is 2. The van der Waals surface area contributed by atoms with E-state index in [1.165, 1.54) is 6.92 Å². The monoisotopic (exact) mass is 403 g/mol. The van der Waals surface area contributed by atoms with Gasteiger partial charge in [0.15, 0.2) is 21.3 Å². The van der Waals surface area contributed by atoms with Gasteiger partial charge in [0.2, 0.25) is 5.91 Å². The van der Waals surface area contributed by atoms with E-state index >= 15 is 0 Å². The average Bonchev–Trinajstić information content (AvgIpc) is 2.67. The molecular weight excluding hydrogens is 378 g/mol. The van der Waals surface area contributed by atoms with Gasteiger partial charge in [0.05, 0.1) is 5.75 Å². The molecular formula is C21H25NO5S. The zero-order valence-electron chi connectivity index (χ0n) is 16.3. The maximum atomic E-state index is 12.7. The van der Waals surface area contributed by atoms with Crippen molar-refractivity contribution in [1.82, 2.24) is 0 Å². The van der Waals surface area contributed by atoms with Gasteiger partial charge in [0.25, 0.3) is 0 Å². The molecule has 150 valence electrons. The number of nitrogens with one attached hydrogen (secondary N) is 1. The third kappa shape index (κ3) is 4.65. The number of carbonyl (C=O) groups excluding carboxylic acids is 1. The topological polar surface area (TPSA) is 81.7 Å². The summed E-state index contributed by atoms with van der Waals surface area (Å²) in [5.41, 5.74) is 2.28. The summed E-state index contributed by atoms with van der Waals surface area (Å²) in [6.45, 7) is 6.48. The summed E-state index contributed by atoms with van der Waals surface area (Å²) in [5.74, 6) is 0.762. The van der Waals surface area contributed by atoms with Gasteiger partial charge in [-0.25, -0.2) is 8.42 Å². The lowest BCUT2D eigenvalue weighted by Crippen LogP contribution is -2.33. The van der Waals surface area contributed by atoms with Crippen molar-refractivity contribution in [2.24, 2.45) is 0 Å². The molecule has 0 spiro atoms. The lowest BCUT2D eigenvalue weighted by atomic mass is 10.0. The average molecular weight is 404 g/mol. The van der Waals surface area contributed by atoms with Crippen LogP contribution in [-0.4, -0.2) is 32.8 Å². The van der Waals surface area contributed by atoms with Gasteiger partial charge in [-0.2, -0.15) is 0 Å². The van der Waals surface area contributed by atoms with E-state index in [0.717, 1.165) is 5.56 Å². The van der Waals surface area contributed by atoms with Crippen LogP contribution in [0.4, 0.5) is 5.69 Å². The molecule has 1 amide bonds. The van der Waals surface area contributed by atoms with Crippen molar-refractivity contribution in [3.05, 3.63) is 53.6 Å². The van der Waals surface area contributed by atoms with Gasteiger partial charge >= 0.3 is 0 Å². The number of sulfone groups is 1. The van der Waals surface area contributed by atoms with Crippen LogP contribution in [0, 0.1) is 0 Å². The first-order chi connectivity index (χ1) is 13.3. The Morgan fingerprint density at radius 2 is 1.64 bits per heavy atom. The van der Waals surface area contributed by atoms with Crippen molar-refractivity contribution in [3.63, 3.8) is 0 Å². The summed E-state index contributed by atoms with van der Waals surface area (Å²) in [4.78, 5) is 12.5. The molecule has 3 rings (SSSR count). The van der Waals surface area contributed by atoms with E-state index < -0.39 is 21.0 Å². The maximum absolute atomic E-state index is 12.7. The van der Waals surface area contributed by atoms with E-state index in [1.54, 1.807) is 30.3 Å². The molecule has 0 saturated carbocycles. The zero-order valence-corrected chi connectivity index (χ0v) is 17.1. The molecule has 28 heavy (non-hydrogen) atoms. The Morgan fingerprint density at radius 1 is 1.00 bits per heavy atom. The Bertz CT molecular complexity index is 951. The number of amides is 1. The van der Waals surface area contributed by atoms with Gasteiger partial charge in [-0.05, 0) is 36.1 Å².